The van der Waals surface area contributed by atoms with Crippen molar-refractivity contribution in [1.82, 2.24) is 14.5 Å². The molecule has 0 bridgehead atoms. The van der Waals surface area contributed by atoms with Gasteiger partial charge in [0.15, 0.2) is 0 Å². The minimum Gasteiger partial charge on any atom is -0.392 e. The second kappa shape index (κ2) is 10.9. The number of hydrogen-bond donors (Lipinski definition) is 3. The van der Waals surface area contributed by atoms with Crippen molar-refractivity contribution in [2.24, 2.45) is 0 Å². The van der Waals surface area contributed by atoms with E-state index in [1.807, 2.05) is 61.6 Å². The van der Waals surface area contributed by atoms with Gasteiger partial charge in [0.05, 0.1) is 24.9 Å². The molecule has 3 rings (SSSR count). The van der Waals surface area contributed by atoms with Crippen LogP contribution in [0.2, 0.25) is 0 Å². The SMILES string of the molecule is CN(C(=O)CNc1ccc(CNS(C)(=O)=O)cc1)[C@H](CN1CC[C@H](O)C1)c1ccccc1. The number of hydrogen-bond acceptors (Lipinski definition) is 6. The zero-order chi connectivity index (χ0) is 23.1. The summed E-state index contributed by atoms with van der Waals surface area (Å²) in [6, 6.07) is 17.1. The average Bonchev–Trinajstić information content (AvgIpc) is 3.19. The molecular formula is C23H32N4O4S. The molecule has 3 N–H and O–H groups in total. The number of anilines is 1. The van der Waals surface area contributed by atoms with Crippen LogP contribution in [0.25, 0.3) is 0 Å². The molecule has 1 amide bonds. The number of amides is 1. The average molecular weight is 461 g/mol. The highest BCUT2D eigenvalue weighted by Gasteiger charge is 2.27. The first-order chi connectivity index (χ1) is 15.2. The fourth-order valence-corrected chi connectivity index (χ4v) is 4.21. The van der Waals surface area contributed by atoms with Crippen LogP contribution in [-0.4, -0.2) is 74.8 Å². The Kier molecular flexibility index (Phi) is 8.25. The third-order valence-corrected chi connectivity index (χ3v) is 6.33. The number of rotatable bonds is 10. The number of β-amino-alcohol motifs (C(OH)–C–C–N with tert-alkyl or cyclic N) is 1. The third-order valence-electron chi connectivity index (χ3n) is 5.66. The molecule has 1 saturated heterocycles. The molecule has 0 aliphatic carbocycles. The number of aliphatic hydroxyl groups is 1. The van der Waals surface area contributed by atoms with Crippen LogP contribution in [0.1, 0.15) is 23.6 Å². The van der Waals surface area contributed by atoms with Gasteiger partial charge in [-0.3, -0.25) is 9.69 Å². The largest absolute Gasteiger partial charge is 0.392 e. The van der Waals surface area contributed by atoms with Crippen LogP contribution in [0.5, 0.6) is 0 Å². The summed E-state index contributed by atoms with van der Waals surface area (Å²) in [6.45, 7) is 2.49. The molecule has 0 aromatic heterocycles. The molecule has 0 unspecified atom stereocenters. The number of aliphatic hydroxyl groups excluding tert-OH is 1. The van der Waals surface area contributed by atoms with Crippen LogP contribution in [0.4, 0.5) is 5.69 Å². The van der Waals surface area contributed by atoms with Gasteiger partial charge in [-0.1, -0.05) is 42.5 Å². The first-order valence-electron chi connectivity index (χ1n) is 10.7. The molecule has 1 aliphatic heterocycles. The van der Waals surface area contributed by atoms with Gasteiger partial charge in [0.1, 0.15) is 0 Å². The van der Waals surface area contributed by atoms with Crippen molar-refractivity contribution in [3.8, 4) is 0 Å². The topological polar surface area (TPSA) is 102 Å². The Bertz CT molecular complexity index is 983. The molecule has 1 fully saturated rings. The minimum atomic E-state index is -3.24. The fraction of sp³-hybridized carbons (Fsp3) is 0.435. The summed E-state index contributed by atoms with van der Waals surface area (Å²) < 4.78 is 24.9. The maximum atomic E-state index is 13.0. The minimum absolute atomic E-state index is 0.0404. The molecule has 0 spiro atoms. The van der Waals surface area contributed by atoms with Gasteiger partial charge < -0.3 is 15.3 Å². The molecule has 1 heterocycles. The van der Waals surface area contributed by atoms with Crippen molar-refractivity contribution in [3.63, 3.8) is 0 Å². The van der Waals surface area contributed by atoms with E-state index in [0.29, 0.717) is 13.1 Å². The maximum absolute atomic E-state index is 13.0. The number of nitrogens with zero attached hydrogens (tertiary/aromatic N) is 2. The number of likely N-dealkylation sites (N-methyl/N-ethyl adjacent to an activating group) is 1. The van der Waals surface area contributed by atoms with Crippen molar-refractivity contribution in [2.75, 3.05) is 44.8 Å². The maximum Gasteiger partial charge on any atom is 0.242 e. The number of benzene rings is 2. The lowest BCUT2D eigenvalue weighted by atomic mass is 10.0. The molecule has 2 aromatic rings. The van der Waals surface area contributed by atoms with Crippen molar-refractivity contribution in [2.45, 2.75) is 25.1 Å². The van der Waals surface area contributed by atoms with Gasteiger partial charge >= 0.3 is 0 Å². The van der Waals surface area contributed by atoms with E-state index in [1.54, 1.807) is 4.90 Å². The van der Waals surface area contributed by atoms with Crippen molar-refractivity contribution in [1.29, 1.82) is 0 Å². The van der Waals surface area contributed by atoms with E-state index in [-0.39, 0.29) is 31.1 Å². The lowest BCUT2D eigenvalue weighted by molar-refractivity contribution is -0.130. The fourth-order valence-electron chi connectivity index (χ4n) is 3.78. The van der Waals surface area contributed by atoms with Gasteiger partial charge in [-0.25, -0.2) is 13.1 Å². The molecule has 8 nitrogen and oxygen atoms in total. The molecule has 1 aliphatic rings. The van der Waals surface area contributed by atoms with Crippen LogP contribution in [0.3, 0.4) is 0 Å². The first kappa shape index (κ1) is 24.2. The Labute approximate surface area is 190 Å². The summed E-state index contributed by atoms with van der Waals surface area (Å²) in [4.78, 5) is 16.9. The Morgan fingerprint density at radius 3 is 2.47 bits per heavy atom. The smallest absolute Gasteiger partial charge is 0.242 e. The lowest BCUT2D eigenvalue weighted by Gasteiger charge is -2.32. The number of nitrogens with one attached hydrogen (secondary N) is 2. The molecule has 2 aromatic carbocycles. The molecular weight excluding hydrogens is 428 g/mol. The van der Waals surface area contributed by atoms with E-state index < -0.39 is 10.0 Å². The van der Waals surface area contributed by atoms with Gasteiger partial charge in [-0.2, -0.15) is 0 Å². The molecule has 2 atom stereocenters. The normalized spacial score (nSPS) is 17.8. The van der Waals surface area contributed by atoms with E-state index in [0.717, 1.165) is 36.0 Å². The monoisotopic (exact) mass is 460 g/mol. The lowest BCUT2D eigenvalue weighted by Crippen LogP contribution is -2.41. The van der Waals surface area contributed by atoms with E-state index in [9.17, 15) is 18.3 Å². The Hall–Kier alpha value is -2.46. The number of carbonyl (C=O) groups excluding carboxylic acids is 1. The highest BCUT2D eigenvalue weighted by atomic mass is 32.2. The van der Waals surface area contributed by atoms with Crippen molar-refractivity contribution >= 4 is 21.6 Å². The van der Waals surface area contributed by atoms with E-state index in [2.05, 4.69) is 14.9 Å². The third kappa shape index (κ3) is 7.30. The summed E-state index contributed by atoms with van der Waals surface area (Å²) in [7, 11) is -1.43. The summed E-state index contributed by atoms with van der Waals surface area (Å²) in [5.74, 6) is -0.0404. The highest BCUT2D eigenvalue weighted by Crippen LogP contribution is 2.23. The first-order valence-corrected chi connectivity index (χ1v) is 12.6. The molecule has 0 radical (unpaired) electrons. The predicted molar refractivity (Wildman–Crippen MR) is 126 cm³/mol. The number of carbonyl (C=O) groups is 1. The van der Waals surface area contributed by atoms with E-state index in [1.165, 1.54) is 0 Å². The second-order valence-corrected chi connectivity index (χ2v) is 10.1. The molecule has 174 valence electrons. The number of likely N-dealkylation sites (tertiary alicyclic amines) is 1. The summed E-state index contributed by atoms with van der Waals surface area (Å²) >= 11 is 0. The highest BCUT2D eigenvalue weighted by molar-refractivity contribution is 7.88. The van der Waals surface area contributed by atoms with Gasteiger partial charge in [0.2, 0.25) is 15.9 Å². The molecule has 32 heavy (non-hydrogen) atoms. The molecule has 9 heteroatoms. The molecule has 0 saturated carbocycles. The van der Waals surface area contributed by atoms with Crippen LogP contribution in [-0.2, 0) is 21.4 Å². The zero-order valence-electron chi connectivity index (χ0n) is 18.6. The van der Waals surface area contributed by atoms with Gasteiger partial charge in [0.25, 0.3) is 0 Å². The summed E-state index contributed by atoms with van der Waals surface area (Å²) in [5.41, 5.74) is 2.68. The van der Waals surface area contributed by atoms with Crippen LogP contribution in [0.15, 0.2) is 54.6 Å². The predicted octanol–water partition coefficient (Wildman–Crippen LogP) is 1.41. The zero-order valence-corrected chi connectivity index (χ0v) is 19.4. The van der Waals surface area contributed by atoms with Gasteiger partial charge in [-0.15, -0.1) is 0 Å². The standard InChI is InChI=1S/C23H32N4O4S/c1-26(22(19-6-4-3-5-7-19)17-27-13-12-21(28)16-27)23(29)15-24-20-10-8-18(9-11-20)14-25-32(2,30)31/h3-11,21-22,24-25,28H,12-17H2,1-2H3/t21-,22+/m0/s1. The quantitative estimate of drug-likeness (QED) is 0.496. The van der Waals surface area contributed by atoms with Crippen molar-refractivity contribution in [3.05, 3.63) is 65.7 Å². The Morgan fingerprint density at radius 1 is 1.19 bits per heavy atom. The number of sulfonamides is 1. The second-order valence-electron chi connectivity index (χ2n) is 8.28. The van der Waals surface area contributed by atoms with Crippen LogP contribution in [0, 0.1) is 0 Å². The Morgan fingerprint density at radius 2 is 1.88 bits per heavy atom. The summed E-state index contributed by atoms with van der Waals surface area (Å²) in [6.07, 6.45) is 1.58. The summed E-state index contributed by atoms with van der Waals surface area (Å²) in [5, 5.41) is 13.0. The van der Waals surface area contributed by atoms with Crippen LogP contribution < -0.4 is 10.0 Å². The van der Waals surface area contributed by atoms with Crippen molar-refractivity contribution < 1.29 is 18.3 Å². The van der Waals surface area contributed by atoms with E-state index >= 15 is 0 Å². The van der Waals surface area contributed by atoms with Gasteiger partial charge in [-0.05, 0) is 29.7 Å². The van der Waals surface area contributed by atoms with Crippen LogP contribution >= 0.6 is 0 Å². The van der Waals surface area contributed by atoms with E-state index in [4.69, 9.17) is 0 Å². The Balaban J connectivity index is 1.59. The van der Waals surface area contributed by atoms with Gasteiger partial charge in [0, 0.05) is 38.9 Å².